The molecule has 0 aliphatic rings. The smallest absolute Gasteiger partial charge is 0.258 e. The minimum Gasteiger partial charge on any atom is -0.376 e. The molecule has 0 radical (unpaired) electrons. The first-order valence-electron chi connectivity index (χ1n) is 9.62. The van der Waals surface area contributed by atoms with Crippen molar-refractivity contribution in [3.05, 3.63) is 90.5 Å². The van der Waals surface area contributed by atoms with Gasteiger partial charge < -0.3 is 15.1 Å². The topological polar surface area (TPSA) is 52.7 Å². The maximum Gasteiger partial charge on any atom is 0.258 e. The van der Waals surface area contributed by atoms with E-state index < -0.39 is 0 Å². The van der Waals surface area contributed by atoms with Gasteiger partial charge in [0, 0.05) is 36.2 Å². The lowest BCUT2D eigenvalue weighted by atomic mass is 10.1. The van der Waals surface area contributed by atoms with E-state index in [1.165, 1.54) is 0 Å². The summed E-state index contributed by atoms with van der Waals surface area (Å²) >= 11 is 0. The number of rotatable bonds is 7. The van der Waals surface area contributed by atoms with E-state index in [-0.39, 0.29) is 18.4 Å². The molecular formula is C24H25N3O2. The summed E-state index contributed by atoms with van der Waals surface area (Å²) in [6.45, 7) is 2.71. The van der Waals surface area contributed by atoms with Gasteiger partial charge in [-0.3, -0.25) is 9.59 Å². The third-order valence-corrected chi connectivity index (χ3v) is 4.72. The summed E-state index contributed by atoms with van der Waals surface area (Å²) in [4.78, 5) is 28.6. The Labute approximate surface area is 171 Å². The second-order valence-corrected chi connectivity index (χ2v) is 6.60. The summed E-state index contributed by atoms with van der Waals surface area (Å²) in [5.74, 6) is -0.0947. The first-order valence-corrected chi connectivity index (χ1v) is 9.62. The Morgan fingerprint density at radius 2 is 1.34 bits per heavy atom. The summed E-state index contributed by atoms with van der Waals surface area (Å²) < 4.78 is 0. The van der Waals surface area contributed by atoms with Crippen molar-refractivity contribution in [1.29, 1.82) is 0 Å². The van der Waals surface area contributed by atoms with Crippen LogP contribution in [0.2, 0.25) is 0 Å². The molecule has 0 fully saturated rings. The second kappa shape index (κ2) is 9.55. The fraction of sp³-hybridized carbons (Fsp3) is 0.167. The Morgan fingerprint density at radius 1 is 0.793 bits per heavy atom. The number of amides is 2. The van der Waals surface area contributed by atoms with E-state index in [2.05, 4.69) is 5.32 Å². The average Bonchev–Trinajstić information content (AvgIpc) is 2.79. The summed E-state index contributed by atoms with van der Waals surface area (Å²) in [6.07, 6.45) is 0. The molecule has 0 unspecified atom stereocenters. The molecule has 1 N–H and O–H groups in total. The van der Waals surface area contributed by atoms with Crippen molar-refractivity contribution in [3.63, 3.8) is 0 Å². The third-order valence-electron chi connectivity index (χ3n) is 4.72. The number of hydrogen-bond donors (Lipinski definition) is 1. The van der Waals surface area contributed by atoms with Crippen molar-refractivity contribution in [1.82, 2.24) is 0 Å². The highest BCUT2D eigenvalue weighted by Crippen LogP contribution is 2.18. The van der Waals surface area contributed by atoms with Crippen molar-refractivity contribution in [2.45, 2.75) is 6.92 Å². The number of carbonyl (C=O) groups excluding carboxylic acids is 2. The van der Waals surface area contributed by atoms with Crippen LogP contribution in [0.1, 0.15) is 17.3 Å². The highest BCUT2D eigenvalue weighted by Gasteiger charge is 2.16. The lowest BCUT2D eigenvalue weighted by Crippen LogP contribution is -2.32. The predicted octanol–water partition coefficient (Wildman–Crippen LogP) is 4.43. The van der Waals surface area contributed by atoms with E-state index >= 15 is 0 Å². The van der Waals surface area contributed by atoms with Gasteiger partial charge in [0.25, 0.3) is 5.91 Å². The van der Waals surface area contributed by atoms with Crippen molar-refractivity contribution in [2.24, 2.45) is 0 Å². The Kier molecular flexibility index (Phi) is 6.63. The number of nitrogens with one attached hydrogen (secondary N) is 1. The largest absolute Gasteiger partial charge is 0.376 e. The van der Waals surface area contributed by atoms with Crippen LogP contribution in [0.3, 0.4) is 0 Å². The molecule has 29 heavy (non-hydrogen) atoms. The van der Waals surface area contributed by atoms with Crippen LogP contribution < -0.4 is 15.1 Å². The molecule has 0 spiro atoms. The molecule has 3 rings (SSSR count). The van der Waals surface area contributed by atoms with Crippen LogP contribution in [-0.4, -0.2) is 32.0 Å². The molecule has 0 saturated carbocycles. The lowest BCUT2D eigenvalue weighted by Gasteiger charge is -2.21. The van der Waals surface area contributed by atoms with Crippen molar-refractivity contribution in [3.8, 4) is 0 Å². The normalized spacial score (nSPS) is 10.3. The minimum absolute atomic E-state index is 0.0439. The Hall–Kier alpha value is -3.60. The van der Waals surface area contributed by atoms with Crippen molar-refractivity contribution < 1.29 is 9.59 Å². The number of hydrogen-bond acceptors (Lipinski definition) is 3. The Balaban J connectivity index is 1.61. The number of carbonyl (C=O) groups is 2. The predicted molar refractivity (Wildman–Crippen MR) is 119 cm³/mol. The van der Waals surface area contributed by atoms with Gasteiger partial charge in [-0.15, -0.1) is 0 Å². The van der Waals surface area contributed by atoms with Crippen LogP contribution in [0.4, 0.5) is 17.1 Å². The van der Waals surface area contributed by atoms with Gasteiger partial charge in [-0.05, 0) is 55.5 Å². The standard InChI is InChI=1S/C24H25N3O2/c1-3-27(22-12-8-5-9-13-22)24(29)19-14-16-20(17-15-19)25-18-23(28)26(2)21-10-6-4-7-11-21/h4-17,25H,3,18H2,1-2H3. The van der Waals surface area contributed by atoms with Gasteiger partial charge in [-0.2, -0.15) is 0 Å². The van der Waals surface area contributed by atoms with Gasteiger partial charge in [0.2, 0.25) is 5.91 Å². The molecule has 2 amide bonds. The fourth-order valence-corrected chi connectivity index (χ4v) is 3.03. The molecule has 0 aromatic heterocycles. The summed E-state index contributed by atoms with van der Waals surface area (Å²) in [5.41, 5.74) is 3.12. The summed E-state index contributed by atoms with van der Waals surface area (Å²) in [6, 6.07) is 26.3. The molecule has 3 aromatic rings. The van der Waals surface area contributed by atoms with E-state index in [1.807, 2.05) is 79.7 Å². The monoisotopic (exact) mass is 387 g/mol. The van der Waals surface area contributed by atoms with Crippen LogP contribution in [0.15, 0.2) is 84.9 Å². The summed E-state index contributed by atoms with van der Waals surface area (Å²) in [7, 11) is 1.75. The van der Waals surface area contributed by atoms with Gasteiger partial charge in [0.15, 0.2) is 0 Å². The SMILES string of the molecule is CCN(C(=O)c1ccc(NCC(=O)N(C)c2ccccc2)cc1)c1ccccc1. The lowest BCUT2D eigenvalue weighted by molar-refractivity contribution is -0.116. The first-order chi connectivity index (χ1) is 14.1. The first kappa shape index (κ1) is 20.1. The number of nitrogens with zero attached hydrogens (tertiary/aromatic N) is 2. The van der Waals surface area contributed by atoms with Crippen LogP contribution in [-0.2, 0) is 4.79 Å². The third kappa shape index (κ3) is 5.02. The average molecular weight is 387 g/mol. The maximum atomic E-state index is 12.8. The minimum atomic E-state index is -0.0508. The van der Waals surface area contributed by atoms with Gasteiger partial charge in [0.1, 0.15) is 0 Å². The highest BCUT2D eigenvalue weighted by molar-refractivity contribution is 6.06. The van der Waals surface area contributed by atoms with E-state index in [0.717, 1.165) is 17.1 Å². The zero-order valence-electron chi connectivity index (χ0n) is 16.7. The van der Waals surface area contributed by atoms with Gasteiger partial charge in [0.05, 0.1) is 6.54 Å². The Bertz CT molecular complexity index is 941. The van der Waals surface area contributed by atoms with E-state index in [9.17, 15) is 9.59 Å². The molecule has 0 atom stereocenters. The van der Waals surface area contributed by atoms with E-state index in [4.69, 9.17) is 0 Å². The van der Waals surface area contributed by atoms with Crippen molar-refractivity contribution >= 4 is 28.9 Å². The number of benzene rings is 3. The fourth-order valence-electron chi connectivity index (χ4n) is 3.03. The molecular weight excluding hydrogens is 362 g/mol. The molecule has 5 nitrogen and oxygen atoms in total. The quantitative estimate of drug-likeness (QED) is 0.653. The second-order valence-electron chi connectivity index (χ2n) is 6.60. The van der Waals surface area contributed by atoms with E-state index in [1.54, 1.807) is 29.0 Å². The zero-order chi connectivity index (χ0) is 20.6. The van der Waals surface area contributed by atoms with Crippen molar-refractivity contribution in [2.75, 3.05) is 35.3 Å². The van der Waals surface area contributed by atoms with Crippen LogP contribution >= 0.6 is 0 Å². The number of anilines is 3. The molecule has 0 saturated heterocycles. The molecule has 0 aliphatic carbocycles. The summed E-state index contributed by atoms with van der Waals surface area (Å²) in [5, 5.41) is 3.12. The molecule has 3 aromatic carbocycles. The van der Waals surface area contributed by atoms with Gasteiger partial charge >= 0.3 is 0 Å². The molecule has 0 bridgehead atoms. The molecule has 0 heterocycles. The Morgan fingerprint density at radius 3 is 1.90 bits per heavy atom. The number of likely N-dealkylation sites (N-methyl/N-ethyl adjacent to an activating group) is 1. The van der Waals surface area contributed by atoms with Crippen LogP contribution in [0.25, 0.3) is 0 Å². The maximum absolute atomic E-state index is 12.8. The number of para-hydroxylation sites is 2. The van der Waals surface area contributed by atoms with Crippen LogP contribution in [0.5, 0.6) is 0 Å². The van der Waals surface area contributed by atoms with Gasteiger partial charge in [-0.1, -0.05) is 36.4 Å². The molecule has 5 heteroatoms. The van der Waals surface area contributed by atoms with E-state index in [0.29, 0.717) is 12.1 Å². The highest BCUT2D eigenvalue weighted by atomic mass is 16.2. The molecule has 0 aliphatic heterocycles. The van der Waals surface area contributed by atoms with Crippen LogP contribution in [0, 0.1) is 0 Å². The van der Waals surface area contributed by atoms with Gasteiger partial charge in [-0.25, -0.2) is 0 Å². The zero-order valence-corrected chi connectivity index (χ0v) is 16.7. The molecule has 148 valence electrons.